The Labute approximate surface area is 33.8 Å². The van der Waals surface area contributed by atoms with Gasteiger partial charge in [0.1, 0.15) is 0 Å². The van der Waals surface area contributed by atoms with Gasteiger partial charge in [0.05, 0.1) is 0 Å². The van der Waals surface area contributed by atoms with Crippen molar-refractivity contribution in [3.05, 3.63) is 0 Å². The molecule has 0 bridgehead atoms. The summed E-state index contributed by atoms with van der Waals surface area (Å²) in [4.78, 5) is 0. The third-order valence-electron chi connectivity index (χ3n) is 0.138. The van der Waals surface area contributed by atoms with E-state index in [1.165, 1.54) is 6.66 Å². The topological polar surface area (TPSA) is 12.4 Å². The number of rotatable bonds is 1. The fourth-order valence-electron chi connectivity index (χ4n) is 0. The Morgan fingerprint density at radius 2 is 2.20 bits per heavy atom. The van der Waals surface area contributed by atoms with Gasteiger partial charge in [0.2, 0.25) is 8.38 Å². The van der Waals surface area contributed by atoms with Crippen molar-refractivity contribution in [2.75, 3.05) is 6.66 Å². The van der Waals surface area contributed by atoms with Gasteiger partial charge in [-0.2, -0.15) is 0 Å². The van der Waals surface area contributed by atoms with Crippen molar-refractivity contribution in [3.63, 3.8) is 0 Å². The maximum atomic E-state index is 11.3. The van der Waals surface area contributed by atoms with E-state index in [-0.39, 0.29) is 0 Å². The largest absolute Gasteiger partial charge is 0.215 e. The van der Waals surface area contributed by atoms with Crippen LogP contribution in [0.15, 0.2) is 4.52 Å². The predicted molar refractivity (Wildman–Crippen MR) is 24.7 cm³/mol. The molecule has 0 aromatic carbocycles. The molecule has 0 aliphatic rings. The van der Waals surface area contributed by atoms with Crippen LogP contribution >= 0.6 is 17.4 Å². The first-order chi connectivity index (χ1) is 2.27. The highest BCUT2D eigenvalue weighted by Crippen LogP contribution is 2.33. The minimum atomic E-state index is -1.56. The van der Waals surface area contributed by atoms with E-state index >= 15 is 0 Å². The molecule has 0 saturated heterocycles. The van der Waals surface area contributed by atoms with Gasteiger partial charge in [-0.15, -0.1) is 0 Å². The molecule has 0 spiro atoms. The van der Waals surface area contributed by atoms with Crippen LogP contribution in [0, 0.1) is 0 Å². The predicted octanol–water partition coefficient (Wildman–Crippen LogP) is 2.22. The average molecular weight is 111 g/mol. The highest BCUT2D eigenvalue weighted by molar-refractivity contribution is 7.52. The summed E-state index contributed by atoms with van der Waals surface area (Å²) in [6.45, 7) is 1.41. The zero-order valence-electron chi connectivity index (χ0n) is 2.77. The minimum Gasteiger partial charge on any atom is -0.215 e. The minimum absolute atomic E-state index is 1.41. The summed E-state index contributed by atoms with van der Waals surface area (Å²) in [5.74, 6) is 0. The van der Waals surface area contributed by atoms with Crippen LogP contribution in [0.4, 0.5) is 4.20 Å². The molecule has 0 amide bonds. The van der Waals surface area contributed by atoms with E-state index in [0.29, 0.717) is 0 Å². The Hall–Kier alpha value is 0.460. The summed E-state index contributed by atoms with van der Waals surface area (Å²) in [5, 5.41) is 0. The van der Waals surface area contributed by atoms with Crippen LogP contribution < -0.4 is 0 Å². The van der Waals surface area contributed by atoms with Crippen LogP contribution in [0.2, 0.25) is 0 Å². The average Bonchev–Trinajstić information content (AvgIpc) is 1.38. The van der Waals surface area contributed by atoms with E-state index in [9.17, 15) is 4.20 Å². The molecule has 1 atom stereocenters. The molecule has 4 heteroatoms. The van der Waals surface area contributed by atoms with E-state index in [0.717, 1.165) is 0 Å². The van der Waals surface area contributed by atoms with Crippen LogP contribution in [0.3, 0.4) is 0 Å². The molecule has 1 nitrogen and oxygen atoms in total. The van der Waals surface area contributed by atoms with Gasteiger partial charge in [0.15, 0.2) is 0 Å². The van der Waals surface area contributed by atoms with Crippen LogP contribution in [0.1, 0.15) is 0 Å². The maximum Gasteiger partial charge on any atom is 0.203 e. The van der Waals surface area contributed by atoms with Crippen LogP contribution in [-0.2, 0) is 0 Å². The molecule has 1 unspecified atom stereocenters. The Bertz CT molecular complexity index is 36.6. The zero-order chi connectivity index (χ0) is 4.28. The second-order valence-corrected chi connectivity index (χ2v) is 2.23. The highest BCUT2D eigenvalue weighted by Gasteiger charge is 1.82. The molecule has 30 valence electrons. The van der Waals surface area contributed by atoms with Gasteiger partial charge >= 0.3 is 0 Å². The smallest absolute Gasteiger partial charge is 0.203 e. The second-order valence-electron chi connectivity index (χ2n) is 0.545. The summed E-state index contributed by atoms with van der Waals surface area (Å²) in [5.41, 5.74) is 0. The van der Waals surface area contributed by atoms with Gasteiger partial charge in [-0.3, -0.25) is 0 Å². The lowest BCUT2D eigenvalue weighted by atomic mass is 12.0. The molecule has 0 rings (SSSR count). The van der Waals surface area contributed by atoms with Gasteiger partial charge in [-0.05, 0) is 9.03 Å². The zero-order valence-corrected chi connectivity index (χ0v) is 4.67. The van der Waals surface area contributed by atoms with Crippen molar-refractivity contribution >= 4 is 17.4 Å². The van der Waals surface area contributed by atoms with Crippen LogP contribution in [0.25, 0.3) is 0 Å². The van der Waals surface area contributed by atoms with E-state index in [4.69, 9.17) is 0 Å². The Balaban J connectivity index is 2.83. The van der Waals surface area contributed by atoms with Crippen LogP contribution in [0.5, 0.6) is 0 Å². The summed E-state index contributed by atoms with van der Waals surface area (Å²) in [6, 6.07) is 0. The van der Waals surface area contributed by atoms with Gasteiger partial charge in [0.25, 0.3) is 0 Å². The molecule has 0 aromatic heterocycles. The third-order valence-corrected chi connectivity index (χ3v) is 1.24. The van der Waals surface area contributed by atoms with Crippen molar-refractivity contribution in [2.45, 2.75) is 0 Å². The normalized spacial score (nSPS) is 14.0. The number of nitrogens with zero attached hydrogens (tertiary/aromatic N) is 1. The fraction of sp³-hybridized carbons (Fsp3) is 1.00. The van der Waals surface area contributed by atoms with E-state index in [1.807, 2.05) is 0 Å². The highest BCUT2D eigenvalue weighted by atomic mass is 31.2. The number of hydrogen-bond donors (Lipinski definition) is 0. The van der Waals surface area contributed by atoms with Gasteiger partial charge in [-0.25, -0.2) is 8.71 Å². The second kappa shape index (κ2) is 2.68. The van der Waals surface area contributed by atoms with E-state index < -0.39 is 8.38 Å². The molecular weight excluding hydrogens is 107 g/mol. The summed E-state index contributed by atoms with van der Waals surface area (Å²) >= 11 is 0. The van der Waals surface area contributed by atoms with Gasteiger partial charge in [-0.1, -0.05) is 0 Å². The molecule has 0 saturated carbocycles. The van der Waals surface area contributed by atoms with Crippen LogP contribution in [-0.4, -0.2) is 6.66 Å². The monoisotopic (exact) mass is 111 g/mol. The molecule has 0 radical (unpaired) electrons. The Kier molecular flexibility index (Phi) is 2.93. The summed E-state index contributed by atoms with van der Waals surface area (Å²) < 4.78 is 14.4. The van der Waals surface area contributed by atoms with Crippen molar-refractivity contribution in [3.8, 4) is 0 Å². The number of halogens is 1. The molecule has 0 aliphatic heterocycles. The Morgan fingerprint density at radius 3 is 2.20 bits per heavy atom. The molecule has 5 heavy (non-hydrogen) atoms. The lowest BCUT2D eigenvalue weighted by Crippen LogP contribution is -1.35. The molecule has 0 aliphatic carbocycles. The Morgan fingerprint density at radius 1 is 2.00 bits per heavy atom. The molecular formula is CH4FNP2. The van der Waals surface area contributed by atoms with Crippen molar-refractivity contribution in [2.24, 2.45) is 4.52 Å². The first kappa shape index (κ1) is 5.46. The first-order valence-corrected chi connectivity index (χ1v) is 3.12. The quantitative estimate of drug-likeness (QED) is 0.460. The first-order valence-electron chi connectivity index (χ1n) is 1.04. The number of hydrogen-bond acceptors (Lipinski definition) is 1. The standard InChI is InChI=1S/CH4FNP2/c1-5(2)3-4/h4H,1H3. The van der Waals surface area contributed by atoms with Crippen molar-refractivity contribution < 1.29 is 4.20 Å². The SMILES string of the molecule is CP(F)N=P. The molecule has 0 N–H and O–H groups in total. The van der Waals surface area contributed by atoms with Gasteiger partial charge < -0.3 is 0 Å². The van der Waals surface area contributed by atoms with E-state index in [1.54, 1.807) is 0 Å². The molecule has 0 heterocycles. The summed E-state index contributed by atoms with van der Waals surface area (Å²) in [6.07, 6.45) is 0. The molecule has 0 aromatic rings. The fourth-order valence-corrected chi connectivity index (χ4v) is 0. The lowest BCUT2D eigenvalue weighted by Gasteiger charge is -1.77. The van der Waals surface area contributed by atoms with Gasteiger partial charge in [0, 0.05) is 6.66 Å². The van der Waals surface area contributed by atoms with Crippen molar-refractivity contribution in [1.82, 2.24) is 0 Å². The van der Waals surface area contributed by atoms with Crippen molar-refractivity contribution in [1.29, 1.82) is 0 Å². The lowest BCUT2D eigenvalue weighted by molar-refractivity contribution is 0.900. The maximum absolute atomic E-state index is 11.3. The summed E-state index contributed by atoms with van der Waals surface area (Å²) in [7, 11) is 1.07. The van der Waals surface area contributed by atoms with E-state index in [2.05, 4.69) is 13.5 Å². The molecule has 0 fully saturated rings. The third kappa shape index (κ3) is 4.46.